The first-order chi connectivity index (χ1) is 12.1. The summed E-state index contributed by atoms with van der Waals surface area (Å²) in [5.74, 6) is 0.413. The Balaban J connectivity index is 0.00000182. The smallest absolute Gasteiger partial charge is 0.230 e. The molecule has 0 aliphatic carbocycles. The van der Waals surface area contributed by atoms with E-state index in [1.54, 1.807) is 6.07 Å². The van der Waals surface area contributed by atoms with Gasteiger partial charge in [0.15, 0.2) is 0 Å². The van der Waals surface area contributed by atoms with Gasteiger partial charge in [-0.1, -0.05) is 6.07 Å². The maximum atomic E-state index is 12.5. The number of piperidine rings is 1. The molecule has 152 valence electrons. The van der Waals surface area contributed by atoms with Gasteiger partial charge in [-0.25, -0.2) is 4.98 Å². The van der Waals surface area contributed by atoms with E-state index in [9.17, 15) is 9.59 Å². The third-order valence-corrected chi connectivity index (χ3v) is 4.70. The first kappa shape index (κ1) is 23.6. The predicted molar refractivity (Wildman–Crippen MR) is 109 cm³/mol. The second-order valence-electron chi connectivity index (χ2n) is 6.76. The Hall–Kier alpha value is -1.41. The van der Waals surface area contributed by atoms with E-state index in [-0.39, 0.29) is 48.6 Å². The number of carbonyl (C=O) groups is 2. The number of nitrogens with one attached hydrogen (secondary N) is 2. The number of ether oxygens (including phenoxy) is 1. The van der Waals surface area contributed by atoms with E-state index in [1.807, 2.05) is 24.0 Å². The fourth-order valence-corrected chi connectivity index (χ4v) is 3.35. The molecule has 2 aliphatic rings. The van der Waals surface area contributed by atoms with E-state index >= 15 is 0 Å². The Kier molecular flexibility index (Phi) is 10.0. The van der Waals surface area contributed by atoms with Crippen LogP contribution in [0.15, 0.2) is 18.2 Å². The number of hydrogen-bond acceptors (Lipinski definition) is 5. The third kappa shape index (κ3) is 6.92. The zero-order valence-electron chi connectivity index (χ0n) is 15.5. The van der Waals surface area contributed by atoms with Gasteiger partial charge in [-0.2, -0.15) is 0 Å². The van der Waals surface area contributed by atoms with Crippen LogP contribution in [0.1, 0.15) is 25.0 Å². The normalized spacial score (nSPS) is 22.2. The van der Waals surface area contributed by atoms with E-state index in [1.165, 1.54) is 0 Å². The molecule has 9 heteroatoms. The van der Waals surface area contributed by atoms with Crippen LogP contribution < -0.4 is 10.6 Å². The Bertz CT molecular complexity index is 626. The largest absolute Gasteiger partial charge is 0.378 e. The van der Waals surface area contributed by atoms with Crippen LogP contribution in [0.5, 0.6) is 0 Å². The van der Waals surface area contributed by atoms with Gasteiger partial charge in [-0.05, 0) is 31.9 Å². The molecule has 0 bridgehead atoms. The van der Waals surface area contributed by atoms with Gasteiger partial charge in [0.05, 0.1) is 19.1 Å². The highest BCUT2D eigenvalue weighted by Crippen LogP contribution is 2.19. The quantitative estimate of drug-likeness (QED) is 0.778. The molecule has 0 aromatic carbocycles. The lowest BCUT2D eigenvalue weighted by molar-refractivity contribution is -0.135. The Labute approximate surface area is 172 Å². The van der Waals surface area contributed by atoms with Gasteiger partial charge >= 0.3 is 0 Å². The third-order valence-electron chi connectivity index (χ3n) is 4.70. The zero-order chi connectivity index (χ0) is 17.6. The average molecular weight is 419 g/mol. The molecule has 2 atom stereocenters. The van der Waals surface area contributed by atoms with Gasteiger partial charge in [0.1, 0.15) is 5.82 Å². The lowest BCUT2D eigenvalue weighted by Gasteiger charge is -2.33. The highest BCUT2D eigenvalue weighted by molar-refractivity contribution is 5.92. The molecule has 3 heterocycles. The van der Waals surface area contributed by atoms with Crippen molar-refractivity contribution in [2.45, 2.75) is 32.2 Å². The maximum absolute atomic E-state index is 12.5. The van der Waals surface area contributed by atoms with Gasteiger partial charge in [-0.15, -0.1) is 24.8 Å². The van der Waals surface area contributed by atoms with Crippen LogP contribution in [0.2, 0.25) is 0 Å². The number of pyridine rings is 1. The molecule has 2 fully saturated rings. The molecule has 0 spiro atoms. The number of amides is 2. The van der Waals surface area contributed by atoms with Gasteiger partial charge < -0.3 is 20.3 Å². The molecule has 2 unspecified atom stereocenters. The van der Waals surface area contributed by atoms with Crippen molar-refractivity contribution in [3.8, 4) is 0 Å². The minimum absolute atomic E-state index is 0. The molecule has 27 heavy (non-hydrogen) atoms. The molecule has 2 N–H and O–H groups in total. The number of aryl methyl sites for hydroxylation is 1. The highest BCUT2D eigenvalue weighted by Gasteiger charge is 2.30. The lowest BCUT2D eigenvalue weighted by atomic mass is 9.96. The molecular formula is C18H28Cl2N4O3. The Morgan fingerprint density at radius 1 is 1.37 bits per heavy atom. The van der Waals surface area contributed by atoms with Crippen molar-refractivity contribution in [1.29, 1.82) is 0 Å². The number of aromatic nitrogens is 1. The molecular weight excluding hydrogens is 391 g/mol. The molecule has 2 aliphatic heterocycles. The monoisotopic (exact) mass is 418 g/mol. The number of carbonyl (C=O) groups excluding carboxylic acids is 2. The van der Waals surface area contributed by atoms with Gasteiger partial charge in [0, 0.05) is 37.8 Å². The van der Waals surface area contributed by atoms with E-state index in [2.05, 4.69) is 15.6 Å². The van der Waals surface area contributed by atoms with Crippen LogP contribution in [0.3, 0.4) is 0 Å². The standard InChI is InChI=1S/C18H26N4O3.2ClH/c1-13-4-2-6-16(20-13)21-18(24)14-5-3-8-22(11-14)17(23)10-15-12-25-9-7-19-15;;/h2,4,6,14-15,19H,3,5,7-12H2,1H3,(H,20,21,24);2*1H. The van der Waals surface area contributed by atoms with Crippen LogP contribution in [0, 0.1) is 12.8 Å². The summed E-state index contributed by atoms with van der Waals surface area (Å²) in [5.41, 5.74) is 0.862. The van der Waals surface area contributed by atoms with Crippen molar-refractivity contribution in [3.05, 3.63) is 23.9 Å². The predicted octanol–water partition coefficient (Wildman–Crippen LogP) is 1.79. The van der Waals surface area contributed by atoms with Crippen LogP contribution >= 0.6 is 24.8 Å². The van der Waals surface area contributed by atoms with Gasteiger partial charge in [-0.3, -0.25) is 9.59 Å². The topological polar surface area (TPSA) is 83.6 Å². The second kappa shape index (κ2) is 11.4. The Morgan fingerprint density at radius 3 is 2.89 bits per heavy atom. The zero-order valence-corrected chi connectivity index (χ0v) is 17.1. The van der Waals surface area contributed by atoms with E-state index < -0.39 is 0 Å². The number of nitrogens with zero attached hydrogens (tertiary/aromatic N) is 2. The van der Waals surface area contributed by atoms with Crippen molar-refractivity contribution < 1.29 is 14.3 Å². The average Bonchev–Trinajstić information content (AvgIpc) is 2.62. The molecule has 1 aromatic heterocycles. The van der Waals surface area contributed by atoms with E-state index in [0.717, 1.165) is 31.6 Å². The second-order valence-corrected chi connectivity index (χ2v) is 6.76. The minimum atomic E-state index is -0.185. The summed E-state index contributed by atoms with van der Waals surface area (Å²) in [6.45, 7) is 5.14. The van der Waals surface area contributed by atoms with Crippen LogP contribution in [-0.4, -0.2) is 60.6 Å². The van der Waals surface area contributed by atoms with Crippen molar-refractivity contribution in [3.63, 3.8) is 0 Å². The minimum Gasteiger partial charge on any atom is -0.378 e. The summed E-state index contributed by atoms with van der Waals surface area (Å²) in [4.78, 5) is 31.2. The van der Waals surface area contributed by atoms with Crippen LogP contribution in [0.25, 0.3) is 0 Å². The summed E-state index contributed by atoms with van der Waals surface area (Å²) >= 11 is 0. The summed E-state index contributed by atoms with van der Waals surface area (Å²) in [6.07, 6.45) is 2.07. The van der Waals surface area contributed by atoms with Gasteiger partial charge in [0.2, 0.25) is 11.8 Å². The number of morpholine rings is 1. The SMILES string of the molecule is Cc1cccc(NC(=O)C2CCCN(C(=O)CC3COCCN3)C2)n1.Cl.Cl. The van der Waals surface area contributed by atoms with Crippen molar-refractivity contribution in [2.24, 2.45) is 5.92 Å². The molecule has 0 saturated carbocycles. The molecule has 2 saturated heterocycles. The maximum Gasteiger partial charge on any atom is 0.230 e. The van der Waals surface area contributed by atoms with Crippen molar-refractivity contribution in [2.75, 3.05) is 38.2 Å². The molecule has 3 rings (SSSR count). The molecule has 2 amide bonds. The first-order valence-corrected chi connectivity index (χ1v) is 8.95. The molecule has 7 nitrogen and oxygen atoms in total. The van der Waals surface area contributed by atoms with E-state index in [0.29, 0.717) is 32.0 Å². The van der Waals surface area contributed by atoms with Crippen LogP contribution in [-0.2, 0) is 14.3 Å². The summed E-state index contributed by atoms with van der Waals surface area (Å²) in [5, 5.41) is 6.17. The molecule has 1 aromatic rings. The summed E-state index contributed by atoms with van der Waals surface area (Å²) in [6, 6.07) is 5.62. The van der Waals surface area contributed by atoms with Crippen LogP contribution in [0.4, 0.5) is 5.82 Å². The fourth-order valence-electron chi connectivity index (χ4n) is 3.35. The number of halogens is 2. The van der Waals surface area contributed by atoms with Crippen molar-refractivity contribution in [1.82, 2.24) is 15.2 Å². The number of hydrogen-bond donors (Lipinski definition) is 2. The summed E-state index contributed by atoms with van der Waals surface area (Å²) < 4.78 is 5.40. The highest BCUT2D eigenvalue weighted by atomic mass is 35.5. The number of likely N-dealkylation sites (tertiary alicyclic amines) is 1. The van der Waals surface area contributed by atoms with Gasteiger partial charge in [0.25, 0.3) is 0 Å². The Morgan fingerprint density at radius 2 is 2.19 bits per heavy atom. The number of anilines is 1. The van der Waals surface area contributed by atoms with Crippen molar-refractivity contribution >= 4 is 42.4 Å². The molecule has 0 radical (unpaired) electrons. The first-order valence-electron chi connectivity index (χ1n) is 8.95. The number of rotatable bonds is 4. The summed E-state index contributed by atoms with van der Waals surface area (Å²) in [7, 11) is 0. The van der Waals surface area contributed by atoms with E-state index in [4.69, 9.17) is 4.74 Å². The lowest BCUT2D eigenvalue weighted by Crippen LogP contribution is -2.48. The fraction of sp³-hybridized carbons (Fsp3) is 0.611.